The van der Waals surface area contributed by atoms with Crippen molar-refractivity contribution in [2.75, 3.05) is 6.61 Å². The summed E-state index contributed by atoms with van der Waals surface area (Å²) >= 11 is 0. The first-order valence-electron chi connectivity index (χ1n) is 9.88. The van der Waals surface area contributed by atoms with E-state index in [2.05, 4.69) is 55.4 Å². The van der Waals surface area contributed by atoms with Crippen LogP contribution in [0.2, 0.25) is 0 Å². The van der Waals surface area contributed by atoms with Crippen LogP contribution in [0.3, 0.4) is 0 Å². The molecule has 0 aromatic rings. The van der Waals surface area contributed by atoms with Gasteiger partial charge < -0.3 is 4.74 Å². The zero-order chi connectivity index (χ0) is 19.1. The third-order valence-electron chi connectivity index (χ3n) is 4.64. The van der Waals surface area contributed by atoms with E-state index in [0.717, 1.165) is 12.3 Å². The minimum atomic E-state index is -0.0642. The van der Waals surface area contributed by atoms with Gasteiger partial charge in [-0.2, -0.15) is 0 Å². The standard InChI is InChI=1S/C22H44O2/c1-16(2)20(23)24-15-19(18(4)14-22(8,9)10)12-11-17(3)13-21(5,6)7/h16-19H,11-15H2,1-10H3. The minimum absolute atomic E-state index is 0.0385. The van der Waals surface area contributed by atoms with Crippen LogP contribution in [0.1, 0.15) is 94.9 Å². The lowest BCUT2D eigenvalue weighted by molar-refractivity contribution is -0.149. The largest absolute Gasteiger partial charge is 0.465 e. The molecule has 24 heavy (non-hydrogen) atoms. The Morgan fingerprint density at radius 1 is 0.833 bits per heavy atom. The Morgan fingerprint density at radius 3 is 1.75 bits per heavy atom. The number of hydrogen-bond donors (Lipinski definition) is 0. The van der Waals surface area contributed by atoms with Crippen molar-refractivity contribution in [3.05, 3.63) is 0 Å². The van der Waals surface area contributed by atoms with Crippen LogP contribution in [-0.4, -0.2) is 12.6 Å². The lowest BCUT2D eigenvalue weighted by Gasteiger charge is -2.31. The molecule has 0 radical (unpaired) electrons. The van der Waals surface area contributed by atoms with E-state index in [1.807, 2.05) is 13.8 Å². The zero-order valence-electron chi connectivity index (χ0n) is 18.2. The van der Waals surface area contributed by atoms with Crippen molar-refractivity contribution >= 4 is 5.97 Å². The van der Waals surface area contributed by atoms with Gasteiger partial charge in [0.2, 0.25) is 0 Å². The van der Waals surface area contributed by atoms with Crippen LogP contribution < -0.4 is 0 Å². The number of ether oxygens (including phenoxy) is 1. The Labute approximate surface area is 152 Å². The average Bonchev–Trinajstić information content (AvgIpc) is 2.33. The fourth-order valence-corrected chi connectivity index (χ4v) is 3.67. The summed E-state index contributed by atoms with van der Waals surface area (Å²) in [6.07, 6.45) is 4.79. The van der Waals surface area contributed by atoms with Crippen molar-refractivity contribution in [2.24, 2.45) is 34.5 Å². The summed E-state index contributed by atoms with van der Waals surface area (Å²) in [5.41, 5.74) is 0.701. The second-order valence-electron chi connectivity index (χ2n) is 10.7. The van der Waals surface area contributed by atoms with Crippen LogP contribution in [-0.2, 0) is 9.53 Å². The maximum Gasteiger partial charge on any atom is 0.308 e. The van der Waals surface area contributed by atoms with Crippen LogP contribution in [0.15, 0.2) is 0 Å². The van der Waals surface area contributed by atoms with Gasteiger partial charge in [-0.3, -0.25) is 4.79 Å². The molecule has 0 aromatic heterocycles. The molecule has 0 bridgehead atoms. The highest BCUT2D eigenvalue weighted by molar-refractivity contribution is 5.71. The Balaban J connectivity index is 4.70. The van der Waals surface area contributed by atoms with Crippen LogP contribution in [0.5, 0.6) is 0 Å². The summed E-state index contributed by atoms with van der Waals surface area (Å²) in [6.45, 7) is 22.9. The van der Waals surface area contributed by atoms with Crippen molar-refractivity contribution in [1.29, 1.82) is 0 Å². The molecule has 0 rings (SSSR count). The second kappa shape index (κ2) is 9.82. The molecule has 2 heteroatoms. The molecule has 0 aromatic carbocycles. The molecule has 0 saturated heterocycles. The maximum absolute atomic E-state index is 11.9. The van der Waals surface area contributed by atoms with Crippen molar-refractivity contribution < 1.29 is 9.53 Å². The summed E-state index contributed by atoms with van der Waals surface area (Å²) in [5, 5.41) is 0. The van der Waals surface area contributed by atoms with Crippen LogP contribution in [0.25, 0.3) is 0 Å². The van der Waals surface area contributed by atoms with Gasteiger partial charge in [-0.05, 0) is 47.8 Å². The lowest BCUT2D eigenvalue weighted by Crippen LogP contribution is -2.26. The van der Waals surface area contributed by atoms with Gasteiger partial charge in [0, 0.05) is 0 Å². The molecule has 3 atom stereocenters. The Morgan fingerprint density at radius 2 is 1.33 bits per heavy atom. The van der Waals surface area contributed by atoms with Gasteiger partial charge in [-0.15, -0.1) is 0 Å². The van der Waals surface area contributed by atoms with Gasteiger partial charge in [-0.1, -0.05) is 75.7 Å². The van der Waals surface area contributed by atoms with Gasteiger partial charge >= 0.3 is 5.97 Å². The van der Waals surface area contributed by atoms with Crippen LogP contribution in [0.4, 0.5) is 0 Å². The number of rotatable bonds is 9. The van der Waals surface area contributed by atoms with E-state index in [-0.39, 0.29) is 11.9 Å². The van der Waals surface area contributed by atoms with Gasteiger partial charge in [0.25, 0.3) is 0 Å². The van der Waals surface area contributed by atoms with E-state index >= 15 is 0 Å². The van der Waals surface area contributed by atoms with Crippen molar-refractivity contribution in [3.63, 3.8) is 0 Å². The summed E-state index contributed by atoms with van der Waals surface area (Å²) in [5.74, 6) is 1.66. The molecule has 3 unspecified atom stereocenters. The number of hydrogen-bond acceptors (Lipinski definition) is 2. The van der Waals surface area contributed by atoms with Gasteiger partial charge in [0.1, 0.15) is 0 Å². The first kappa shape index (κ1) is 23.5. The van der Waals surface area contributed by atoms with E-state index in [4.69, 9.17) is 4.74 Å². The van der Waals surface area contributed by atoms with E-state index in [9.17, 15) is 4.79 Å². The quantitative estimate of drug-likeness (QED) is 0.435. The molecule has 0 fully saturated rings. The molecule has 0 N–H and O–H groups in total. The third-order valence-corrected chi connectivity index (χ3v) is 4.64. The average molecular weight is 341 g/mol. The van der Waals surface area contributed by atoms with E-state index < -0.39 is 0 Å². The third kappa shape index (κ3) is 11.9. The van der Waals surface area contributed by atoms with Gasteiger partial charge in [-0.25, -0.2) is 0 Å². The predicted molar refractivity (Wildman–Crippen MR) is 105 cm³/mol. The molecule has 144 valence electrons. The zero-order valence-corrected chi connectivity index (χ0v) is 18.2. The molecular weight excluding hydrogens is 296 g/mol. The highest BCUT2D eigenvalue weighted by atomic mass is 16.5. The normalized spacial score (nSPS) is 16.8. The van der Waals surface area contributed by atoms with E-state index in [1.54, 1.807) is 0 Å². The Kier molecular flexibility index (Phi) is 9.61. The van der Waals surface area contributed by atoms with Gasteiger partial charge in [0.05, 0.1) is 12.5 Å². The molecule has 0 aliphatic heterocycles. The summed E-state index contributed by atoms with van der Waals surface area (Å²) < 4.78 is 5.60. The summed E-state index contributed by atoms with van der Waals surface area (Å²) in [7, 11) is 0. The molecule has 0 spiro atoms. The first-order chi connectivity index (χ1) is 10.7. The molecule has 0 amide bonds. The minimum Gasteiger partial charge on any atom is -0.465 e. The molecule has 2 nitrogen and oxygen atoms in total. The topological polar surface area (TPSA) is 26.3 Å². The Bertz CT molecular complexity index is 357. The van der Waals surface area contributed by atoms with Crippen LogP contribution in [0, 0.1) is 34.5 Å². The molecule has 0 aliphatic rings. The molecular formula is C22H44O2. The highest BCUT2D eigenvalue weighted by Crippen LogP contribution is 2.33. The van der Waals surface area contributed by atoms with Crippen molar-refractivity contribution in [1.82, 2.24) is 0 Å². The predicted octanol–water partition coefficient (Wildman–Crippen LogP) is 6.73. The first-order valence-corrected chi connectivity index (χ1v) is 9.88. The molecule has 0 saturated carbocycles. The SMILES string of the molecule is CC(CCC(COC(=O)C(C)C)C(C)CC(C)(C)C)CC(C)(C)C. The lowest BCUT2D eigenvalue weighted by atomic mass is 9.76. The number of esters is 1. The monoisotopic (exact) mass is 340 g/mol. The maximum atomic E-state index is 11.9. The van der Waals surface area contributed by atoms with E-state index in [0.29, 0.717) is 29.3 Å². The highest BCUT2D eigenvalue weighted by Gasteiger charge is 2.26. The smallest absolute Gasteiger partial charge is 0.308 e. The number of carbonyl (C=O) groups is 1. The fraction of sp³-hybridized carbons (Fsp3) is 0.955. The molecule has 0 aliphatic carbocycles. The summed E-state index contributed by atoms with van der Waals surface area (Å²) in [6, 6.07) is 0. The van der Waals surface area contributed by atoms with Gasteiger partial charge in [0.15, 0.2) is 0 Å². The number of carbonyl (C=O) groups excluding carboxylic acids is 1. The molecule has 0 heterocycles. The second-order valence-corrected chi connectivity index (χ2v) is 10.7. The van der Waals surface area contributed by atoms with Crippen LogP contribution >= 0.6 is 0 Å². The fourth-order valence-electron chi connectivity index (χ4n) is 3.67. The van der Waals surface area contributed by atoms with Crippen molar-refractivity contribution in [2.45, 2.75) is 94.9 Å². The van der Waals surface area contributed by atoms with Crippen molar-refractivity contribution in [3.8, 4) is 0 Å². The summed E-state index contributed by atoms with van der Waals surface area (Å²) in [4.78, 5) is 11.9. The van der Waals surface area contributed by atoms with E-state index in [1.165, 1.54) is 19.3 Å². The Hall–Kier alpha value is -0.530.